The van der Waals surface area contributed by atoms with Crippen molar-refractivity contribution >= 4 is 40.5 Å². The fourth-order valence-electron chi connectivity index (χ4n) is 1.51. The second-order valence-corrected chi connectivity index (χ2v) is 5.24. The summed E-state index contributed by atoms with van der Waals surface area (Å²) in [6.07, 6.45) is 0. The van der Waals surface area contributed by atoms with Crippen molar-refractivity contribution in [2.45, 2.75) is 19.7 Å². The topological polar surface area (TPSA) is 61.0 Å². The van der Waals surface area contributed by atoms with Gasteiger partial charge in [0.1, 0.15) is 0 Å². The van der Waals surface area contributed by atoms with Crippen LogP contribution in [0, 0.1) is 0 Å². The molecule has 1 aromatic heterocycles. The molecule has 7 heteroatoms. The van der Waals surface area contributed by atoms with E-state index >= 15 is 0 Å². The van der Waals surface area contributed by atoms with E-state index in [1.54, 1.807) is 0 Å². The number of ether oxygens (including phenoxy) is 1. The molecule has 2 rings (SSSR count). The standard InChI is InChI=1S/C13H12Cl3N3O/c1-6(2)8-5-11(18-19-13(8)16)20-12-9(14)3-7(17)4-10(12)15/h3-6H,17H2,1-2H3/i1D3. The molecule has 1 heterocycles. The smallest absolute Gasteiger partial charge is 0.239 e. The molecule has 0 aliphatic carbocycles. The number of aromatic nitrogens is 2. The van der Waals surface area contributed by atoms with Crippen LogP contribution < -0.4 is 10.5 Å². The van der Waals surface area contributed by atoms with Crippen LogP contribution in [0.4, 0.5) is 5.69 Å². The Morgan fingerprint density at radius 3 is 2.45 bits per heavy atom. The number of anilines is 1. The van der Waals surface area contributed by atoms with Crippen molar-refractivity contribution in [3.63, 3.8) is 0 Å². The minimum Gasteiger partial charge on any atom is -0.434 e. The van der Waals surface area contributed by atoms with Gasteiger partial charge in [-0.25, -0.2) is 0 Å². The van der Waals surface area contributed by atoms with Crippen LogP contribution in [-0.4, -0.2) is 10.2 Å². The minimum atomic E-state index is -2.24. The van der Waals surface area contributed by atoms with Crippen LogP contribution in [-0.2, 0) is 0 Å². The minimum absolute atomic E-state index is 0.00419. The van der Waals surface area contributed by atoms with E-state index in [1.807, 2.05) is 0 Å². The lowest BCUT2D eigenvalue weighted by molar-refractivity contribution is 0.454. The van der Waals surface area contributed by atoms with Crippen molar-refractivity contribution in [2.24, 2.45) is 0 Å². The van der Waals surface area contributed by atoms with E-state index in [9.17, 15) is 0 Å². The molecule has 1 atom stereocenters. The Balaban J connectivity index is 2.40. The lowest BCUT2D eigenvalue weighted by atomic mass is 10.1. The van der Waals surface area contributed by atoms with Gasteiger partial charge in [0.05, 0.1) is 10.0 Å². The summed E-state index contributed by atoms with van der Waals surface area (Å²) in [6, 6.07) is 4.34. The molecule has 2 N–H and O–H groups in total. The maximum atomic E-state index is 7.49. The van der Waals surface area contributed by atoms with Gasteiger partial charge in [-0.15, -0.1) is 10.2 Å². The van der Waals surface area contributed by atoms with E-state index in [1.165, 1.54) is 25.1 Å². The summed E-state index contributed by atoms with van der Waals surface area (Å²) < 4.78 is 28.0. The highest BCUT2D eigenvalue weighted by molar-refractivity contribution is 6.37. The molecule has 0 fully saturated rings. The number of benzene rings is 1. The Labute approximate surface area is 136 Å². The first-order valence-electron chi connectivity index (χ1n) is 7.05. The van der Waals surface area contributed by atoms with Crippen LogP contribution in [0.2, 0.25) is 15.2 Å². The van der Waals surface area contributed by atoms with Gasteiger partial charge in [-0.05, 0) is 23.6 Å². The van der Waals surface area contributed by atoms with Crippen molar-refractivity contribution in [2.75, 3.05) is 5.73 Å². The van der Waals surface area contributed by atoms with Gasteiger partial charge >= 0.3 is 0 Å². The number of rotatable bonds is 3. The number of hydrogen-bond donors (Lipinski definition) is 1. The van der Waals surface area contributed by atoms with Crippen molar-refractivity contribution < 1.29 is 8.85 Å². The van der Waals surface area contributed by atoms with Gasteiger partial charge in [0.25, 0.3) is 0 Å². The van der Waals surface area contributed by atoms with Gasteiger partial charge in [-0.1, -0.05) is 48.6 Å². The van der Waals surface area contributed by atoms with Crippen LogP contribution in [0.5, 0.6) is 11.6 Å². The SMILES string of the molecule is [2H]C([2H])([2H])C(C)c1cc(Oc2c(Cl)cc(N)cc2Cl)nnc1Cl. The van der Waals surface area contributed by atoms with E-state index in [2.05, 4.69) is 10.2 Å². The highest BCUT2D eigenvalue weighted by atomic mass is 35.5. The van der Waals surface area contributed by atoms with Gasteiger partial charge in [-0.3, -0.25) is 0 Å². The molecule has 0 aliphatic heterocycles. The third-order valence-electron chi connectivity index (χ3n) is 2.45. The molecule has 1 unspecified atom stereocenters. The first-order chi connectivity index (χ1) is 10.6. The summed E-state index contributed by atoms with van der Waals surface area (Å²) in [5.41, 5.74) is 6.29. The van der Waals surface area contributed by atoms with Gasteiger partial charge < -0.3 is 10.5 Å². The van der Waals surface area contributed by atoms with Gasteiger partial charge in [-0.2, -0.15) is 0 Å². The fraction of sp³-hybridized carbons (Fsp3) is 0.231. The molecule has 1 aromatic carbocycles. The highest BCUT2D eigenvalue weighted by Gasteiger charge is 2.14. The molecule has 0 aliphatic rings. The average molecular weight is 336 g/mol. The Morgan fingerprint density at radius 2 is 1.85 bits per heavy atom. The molecule has 0 saturated heterocycles. The van der Waals surface area contributed by atoms with Crippen molar-refractivity contribution in [3.05, 3.63) is 39.0 Å². The van der Waals surface area contributed by atoms with Gasteiger partial charge in [0.2, 0.25) is 5.88 Å². The van der Waals surface area contributed by atoms with E-state index in [-0.39, 0.29) is 26.8 Å². The second kappa shape index (κ2) is 6.04. The summed E-state index contributed by atoms with van der Waals surface area (Å²) in [5, 5.41) is 7.86. The van der Waals surface area contributed by atoms with E-state index < -0.39 is 12.8 Å². The Bertz CT molecular complexity index is 717. The van der Waals surface area contributed by atoms with Crippen LogP contribution in [0.15, 0.2) is 18.2 Å². The number of halogens is 3. The largest absolute Gasteiger partial charge is 0.434 e. The Kier molecular flexibility index (Phi) is 3.45. The molecule has 0 spiro atoms. The first kappa shape index (κ1) is 11.4. The molecule has 0 bridgehead atoms. The molecular weight excluding hydrogens is 321 g/mol. The molecule has 0 amide bonds. The van der Waals surface area contributed by atoms with Crippen LogP contribution in [0.3, 0.4) is 0 Å². The van der Waals surface area contributed by atoms with Crippen LogP contribution >= 0.6 is 34.8 Å². The maximum absolute atomic E-state index is 7.49. The zero-order valence-corrected chi connectivity index (χ0v) is 12.6. The van der Waals surface area contributed by atoms with Crippen molar-refractivity contribution in [1.29, 1.82) is 0 Å². The molecule has 2 aromatic rings. The summed E-state index contributed by atoms with van der Waals surface area (Å²) in [5.74, 6) is -0.675. The lowest BCUT2D eigenvalue weighted by Gasteiger charge is -2.11. The predicted molar refractivity (Wildman–Crippen MR) is 82.1 cm³/mol. The summed E-state index contributed by atoms with van der Waals surface area (Å²) in [4.78, 5) is 0. The molecule has 20 heavy (non-hydrogen) atoms. The summed E-state index contributed by atoms with van der Waals surface area (Å²) in [7, 11) is 0. The number of nitrogen functional groups attached to an aromatic ring is 1. The number of nitrogens with two attached hydrogens (primary N) is 1. The molecule has 0 saturated carbocycles. The van der Waals surface area contributed by atoms with Crippen molar-refractivity contribution in [3.8, 4) is 11.6 Å². The van der Waals surface area contributed by atoms with Crippen LogP contribution in [0.25, 0.3) is 0 Å². The molecule has 106 valence electrons. The Hall–Kier alpha value is -1.23. The Morgan fingerprint density at radius 1 is 1.20 bits per heavy atom. The third kappa shape index (κ3) is 3.26. The van der Waals surface area contributed by atoms with Crippen molar-refractivity contribution in [1.82, 2.24) is 10.2 Å². The number of hydrogen-bond acceptors (Lipinski definition) is 4. The second-order valence-electron chi connectivity index (χ2n) is 4.07. The highest BCUT2D eigenvalue weighted by Crippen LogP contribution is 2.38. The molecule has 4 nitrogen and oxygen atoms in total. The van der Waals surface area contributed by atoms with E-state index in [4.69, 9.17) is 49.4 Å². The quantitative estimate of drug-likeness (QED) is 0.807. The maximum Gasteiger partial charge on any atom is 0.239 e. The van der Waals surface area contributed by atoms with Gasteiger partial charge in [0, 0.05) is 15.9 Å². The van der Waals surface area contributed by atoms with E-state index in [0.29, 0.717) is 11.3 Å². The van der Waals surface area contributed by atoms with Crippen LogP contribution in [0.1, 0.15) is 29.4 Å². The number of nitrogens with zero attached hydrogens (tertiary/aromatic N) is 2. The summed E-state index contributed by atoms with van der Waals surface area (Å²) in [6.45, 7) is -0.719. The van der Waals surface area contributed by atoms with E-state index in [0.717, 1.165) is 0 Å². The lowest BCUT2D eigenvalue weighted by Crippen LogP contribution is -1.98. The van der Waals surface area contributed by atoms with Gasteiger partial charge in [0.15, 0.2) is 10.9 Å². The molecular formula is C13H12Cl3N3O. The monoisotopic (exact) mass is 334 g/mol. The third-order valence-corrected chi connectivity index (χ3v) is 3.30. The predicted octanol–water partition coefficient (Wildman–Crippen LogP) is 4.93. The zero-order valence-electron chi connectivity index (χ0n) is 13.3. The first-order valence-corrected chi connectivity index (χ1v) is 6.68. The normalized spacial score (nSPS) is 15.1. The zero-order chi connectivity index (χ0) is 17.4. The molecule has 0 radical (unpaired) electrons. The summed E-state index contributed by atoms with van der Waals surface area (Å²) >= 11 is 18.0. The fourth-order valence-corrected chi connectivity index (χ4v) is 2.34. The average Bonchev–Trinajstić information content (AvgIpc) is 2.42.